The number of anilines is 3. The number of carbonyl (C=O) groups is 1. The molecule has 4 aromatic rings. The van der Waals surface area contributed by atoms with Gasteiger partial charge in [0.1, 0.15) is 17.5 Å². The van der Waals surface area contributed by atoms with Crippen molar-refractivity contribution in [2.45, 2.75) is 108 Å². The number of aromatic hydroxyl groups is 1. The highest BCUT2D eigenvalue weighted by Crippen LogP contribution is 2.48. The maximum absolute atomic E-state index is 15.8. The van der Waals surface area contributed by atoms with E-state index in [1.54, 1.807) is 12.1 Å². The number of phenols is 1. The molecule has 2 aromatic heterocycles. The molecule has 2 bridgehead atoms. The largest absolute Gasteiger partial charge is 0.508 e. The van der Waals surface area contributed by atoms with Crippen LogP contribution in [0.25, 0.3) is 16.5 Å². The first-order valence-electron chi connectivity index (χ1n) is 20.2. The average Bonchev–Trinajstić information content (AvgIpc) is 3.85. The van der Waals surface area contributed by atoms with Crippen molar-refractivity contribution in [3.8, 4) is 11.4 Å². The summed E-state index contributed by atoms with van der Waals surface area (Å²) in [5, 5.41) is 17.1. The summed E-state index contributed by atoms with van der Waals surface area (Å²) in [6.45, 7) is 10.9. The summed E-state index contributed by atoms with van der Waals surface area (Å²) in [5.74, 6) is 0.301. The first-order chi connectivity index (χ1) is 26.1. The number of aromatic nitrogens is 2. The van der Waals surface area contributed by atoms with Crippen molar-refractivity contribution in [2.75, 3.05) is 47.4 Å². The molecule has 1 amide bonds. The molecular formula is C43H50ClN7O3. The van der Waals surface area contributed by atoms with Gasteiger partial charge in [-0.05, 0) is 106 Å². The number of carbonyl (C=O) groups excluding carboxylic acids is 1. The molecule has 2 aromatic carbocycles. The molecule has 2 N–H and O–H groups in total. The molecule has 4 fully saturated rings. The smallest absolute Gasteiger partial charge is 0.281 e. The van der Waals surface area contributed by atoms with Crippen molar-refractivity contribution >= 4 is 45.3 Å². The minimum absolute atomic E-state index is 0.0617. The van der Waals surface area contributed by atoms with Crippen molar-refractivity contribution in [3.05, 3.63) is 80.5 Å². The van der Waals surface area contributed by atoms with Crippen LogP contribution in [-0.4, -0.2) is 81.9 Å². The Morgan fingerprint density at radius 1 is 1.04 bits per heavy atom. The number of rotatable bonds is 6. The molecule has 0 spiro atoms. The van der Waals surface area contributed by atoms with E-state index in [1.165, 1.54) is 12.8 Å². The molecule has 6 aliphatic heterocycles. The summed E-state index contributed by atoms with van der Waals surface area (Å²) in [6.07, 6.45) is 10.1. The van der Waals surface area contributed by atoms with Crippen molar-refractivity contribution < 1.29 is 9.90 Å². The number of nitrogens with one attached hydrogen (secondary N) is 1. The summed E-state index contributed by atoms with van der Waals surface area (Å²) in [6, 6.07) is 11.3. The quantitative estimate of drug-likeness (QED) is 0.234. The van der Waals surface area contributed by atoms with Gasteiger partial charge in [-0.2, -0.15) is 0 Å². The molecule has 6 aliphatic rings. The lowest BCUT2D eigenvalue weighted by atomic mass is 9.88. The molecule has 0 saturated carbocycles. The van der Waals surface area contributed by atoms with Gasteiger partial charge < -0.3 is 25.1 Å². The second kappa shape index (κ2) is 12.7. The van der Waals surface area contributed by atoms with Crippen LogP contribution >= 0.6 is 11.6 Å². The summed E-state index contributed by atoms with van der Waals surface area (Å²) in [5.41, 5.74) is 7.03. The zero-order valence-corrected chi connectivity index (χ0v) is 32.3. The van der Waals surface area contributed by atoms with Crippen molar-refractivity contribution in [1.29, 1.82) is 0 Å². The Hall–Kier alpha value is -4.12. The summed E-state index contributed by atoms with van der Waals surface area (Å²) < 4.78 is 1.93. The number of hydrogen-bond acceptors (Lipinski definition) is 8. The topological polar surface area (TPSA) is 97.2 Å². The van der Waals surface area contributed by atoms with Gasteiger partial charge in [0.2, 0.25) is 0 Å². The van der Waals surface area contributed by atoms with Gasteiger partial charge in [0, 0.05) is 60.5 Å². The van der Waals surface area contributed by atoms with E-state index in [9.17, 15) is 5.11 Å². The minimum Gasteiger partial charge on any atom is -0.508 e. The number of amides is 1. The fraction of sp³-hybridized carbons (Fsp3) is 0.512. The third-order valence-electron chi connectivity index (χ3n) is 13.8. The number of piperazine rings is 1. The van der Waals surface area contributed by atoms with Crippen molar-refractivity contribution in [2.24, 2.45) is 0 Å². The number of pyridine rings is 2. The fourth-order valence-corrected chi connectivity index (χ4v) is 11.6. The van der Waals surface area contributed by atoms with Crippen LogP contribution in [0.5, 0.6) is 5.75 Å². The number of nitrogens with zero attached hydrogens (tertiary/aromatic N) is 6. The van der Waals surface area contributed by atoms with Gasteiger partial charge in [-0.1, -0.05) is 37.6 Å². The van der Waals surface area contributed by atoms with E-state index in [2.05, 4.69) is 40.8 Å². The first kappa shape index (κ1) is 34.4. The van der Waals surface area contributed by atoms with E-state index in [1.807, 2.05) is 39.9 Å². The van der Waals surface area contributed by atoms with Gasteiger partial charge in [-0.3, -0.25) is 24.0 Å². The predicted molar refractivity (Wildman–Crippen MR) is 215 cm³/mol. The normalized spacial score (nSPS) is 24.4. The Labute approximate surface area is 321 Å². The SMILES string of the molecule is Cc1ccnc(C(C)C)c1-n1c2c(c3c(c1=O)N(CCC14CCCN1CCC4)C(=O)C1C4CCC(CN31)N4)CCN(c1cc(O)cc3cccc(Cl)c13)C2. The predicted octanol–water partition coefficient (Wildman–Crippen LogP) is 6.41. The van der Waals surface area contributed by atoms with Gasteiger partial charge in [0.05, 0.1) is 40.0 Å². The van der Waals surface area contributed by atoms with Crippen LogP contribution in [0.3, 0.4) is 0 Å². The summed E-state index contributed by atoms with van der Waals surface area (Å²) >= 11 is 6.88. The van der Waals surface area contributed by atoms with Gasteiger partial charge in [-0.15, -0.1) is 0 Å². The van der Waals surface area contributed by atoms with Crippen LogP contribution in [0, 0.1) is 6.92 Å². The highest BCUT2D eigenvalue weighted by molar-refractivity contribution is 6.36. The molecule has 0 radical (unpaired) electrons. The third-order valence-corrected chi connectivity index (χ3v) is 14.1. The lowest BCUT2D eigenvalue weighted by Gasteiger charge is -2.50. The Morgan fingerprint density at radius 3 is 2.65 bits per heavy atom. The Morgan fingerprint density at radius 2 is 1.85 bits per heavy atom. The average molecular weight is 748 g/mol. The molecule has 10 nitrogen and oxygen atoms in total. The molecule has 10 rings (SSSR count). The van der Waals surface area contributed by atoms with E-state index in [0.29, 0.717) is 43.3 Å². The number of hydrogen-bond donors (Lipinski definition) is 2. The van der Waals surface area contributed by atoms with Crippen LogP contribution in [0.1, 0.15) is 87.2 Å². The van der Waals surface area contributed by atoms with Crippen LogP contribution in [0.2, 0.25) is 5.02 Å². The number of halogens is 1. The van der Waals surface area contributed by atoms with Gasteiger partial charge in [0.25, 0.3) is 11.5 Å². The van der Waals surface area contributed by atoms with E-state index < -0.39 is 0 Å². The summed E-state index contributed by atoms with van der Waals surface area (Å²) in [4.78, 5) is 45.0. The van der Waals surface area contributed by atoms with Crippen molar-refractivity contribution in [1.82, 2.24) is 19.8 Å². The van der Waals surface area contributed by atoms with Crippen LogP contribution in [0.4, 0.5) is 17.1 Å². The monoisotopic (exact) mass is 747 g/mol. The summed E-state index contributed by atoms with van der Waals surface area (Å²) in [7, 11) is 0. The van der Waals surface area contributed by atoms with Crippen LogP contribution < -0.4 is 25.6 Å². The van der Waals surface area contributed by atoms with Gasteiger partial charge in [-0.25, -0.2) is 0 Å². The molecule has 54 heavy (non-hydrogen) atoms. The van der Waals surface area contributed by atoms with E-state index >= 15 is 9.59 Å². The van der Waals surface area contributed by atoms with Crippen LogP contribution in [0.15, 0.2) is 47.4 Å². The van der Waals surface area contributed by atoms with Crippen molar-refractivity contribution in [3.63, 3.8) is 0 Å². The van der Waals surface area contributed by atoms with Gasteiger partial charge >= 0.3 is 0 Å². The van der Waals surface area contributed by atoms with Gasteiger partial charge in [0.15, 0.2) is 0 Å². The number of aryl methyl sites for hydroxylation is 1. The molecule has 282 valence electrons. The number of fused-ring (bicyclic) bond motifs is 10. The maximum Gasteiger partial charge on any atom is 0.281 e. The Bertz CT molecular complexity index is 2260. The Balaban J connectivity index is 1.21. The second-order valence-corrected chi connectivity index (χ2v) is 17.5. The second-order valence-electron chi connectivity index (χ2n) is 17.1. The van der Waals surface area contributed by atoms with Crippen LogP contribution in [-0.2, 0) is 17.8 Å². The highest BCUT2D eigenvalue weighted by atomic mass is 35.5. The molecule has 8 heterocycles. The minimum atomic E-state index is -0.338. The van der Waals surface area contributed by atoms with E-state index in [4.69, 9.17) is 16.6 Å². The first-order valence-corrected chi connectivity index (χ1v) is 20.5. The Kier molecular flexibility index (Phi) is 8.09. The zero-order chi connectivity index (χ0) is 37.0. The van der Waals surface area contributed by atoms with E-state index in [0.717, 1.165) is 95.5 Å². The number of benzene rings is 2. The molecule has 0 aliphatic carbocycles. The zero-order valence-electron chi connectivity index (χ0n) is 31.6. The fourth-order valence-electron chi connectivity index (χ4n) is 11.3. The standard InChI is InChI=1S/C43H50ClN7O3/c1-25(2)36-37(26(3)11-16-45-36)51-34-24-47(33-22-29(52)21-27-7-4-8-31(44)35(27)33)19-12-30(34)38-40(42(51)54)49(20-15-43-13-5-17-48(43)18-6-14-43)41(53)39-32-10-9-28(46-32)23-50(38)39/h4,7-8,11,16,21-22,25,28,32,39,46,52H,5-6,9-10,12-15,17-20,23-24H2,1-3H3. The molecule has 3 unspecified atom stereocenters. The highest BCUT2D eigenvalue weighted by Gasteiger charge is 2.53. The lowest BCUT2D eigenvalue weighted by molar-refractivity contribution is -0.121. The maximum atomic E-state index is 15.8. The molecule has 4 saturated heterocycles. The number of phenolic OH excluding ortho intramolecular Hbond substituents is 1. The molecular weight excluding hydrogens is 698 g/mol. The molecule has 11 heteroatoms. The van der Waals surface area contributed by atoms with E-state index in [-0.39, 0.29) is 46.8 Å². The lowest BCUT2D eigenvalue weighted by Crippen LogP contribution is -2.67. The third kappa shape index (κ3) is 5.08. The molecule has 3 atom stereocenters.